The van der Waals surface area contributed by atoms with E-state index in [1.54, 1.807) is 11.3 Å². The molecule has 1 saturated heterocycles. The van der Waals surface area contributed by atoms with E-state index in [9.17, 15) is 4.79 Å². The van der Waals surface area contributed by atoms with Crippen LogP contribution in [0.3, 0.4) is 0 Å². The zero-order valence-corrected chi connectivity index (χ0v) is 17.1. The number of nitrogens with zero attached hydrogens (tertiary/aromatic N) is 3. The standard InChI is InChI=1S/C22H25N3O2S/c1-16-6-5-7-18(14-16)27-17(2)22(26)25-12-10-24(11-13-25)15-21-23-19-8-3-4-9-20(19)28-21/h3-9,14,17H,10-13,15H2,1-2H3/t17-/m0/s1. The summed E-state index contributed by atoms with van der Waals surface area (Å²) in [5, 5.41) is 1.14. The first kappa shape index (κ1) is 18.9. The SMILES string of the molecule is Cc1cccc(O[C@@H](C)C(=O)N2CCN(Cc3nc4ccccc4s3)CC2)c1. The highest BCUT2D eigenvalue weighted by atomic mass is 32.1. The van der Waals surface area contributed by atoms with Crippen LogP contribution in [0.5, 0.6) is 5.75 Å². The Hall–Kier alpha value is -2.44. The Morgan fingerprint density at radius 2 is 1.93 bits per heavy atom. The highest BCUT2D eigenvalue weighted by Crippen LogP contribution is 2.23. The van der Waals surface area contributed by atoms with Gasteiger partial charge in [-0.15, -0.1) is 11.3 Å². The zero-order chi connectivity index (χ0) is 19.5. The first-order valence-corrected chi connectivity index (χ1v) is 10.5. The lowest BCUT2D eigenvalue weighted by Crippen LogP contribution is -2.51. The van der Waals surface area contributed by atoms with Crippen LogP contribution in [0.25, 0.3) is 10.2 Å². The number of aromatic nitrogens is 1. The van der Waals surface area contributed by atoms with E-state index in [2.05, 4.69) is 23.1 Å². The van der Waals surface area contributed by atoms with Gasteiger partial charge < -0.3 is 9.64 Å². The van der Waals surface area contributed by atoms with Gasteiger partial charge in [-0.25, -0.2) is 4.98 Å². The predicted octanol–water partition coefficient (Wildman–Crippen LogP) is 3.72. The number of carbonyl (C=O) groups excluding carboxylic acids is 1. The van der Waals surface area contributed by atoms with Crippen molar-refractivity contribution in [1.29, 1.82) is 0 Å². The summed E-state index contributed by atoms with van der Waals surface area (Å²) in [5.41, 5.74) is 2.19. The van der Waals surface area contributed by atoms with Gasteiger partial charge in [-0.3, -0.25) is 9.69 Å². The molecule has 0 radical (unpaired) electrons. The third kappa shape index (κ3) is 4.34. The number of para-hydroxylation sites is 1. The van der Waals surface area contributed by atoms with Crippen molar-refractivity contribution in [1.82, 2.24) is 14.8 Å². The van der Waals surface area contributed by atoms with E-state index >= 15 is 0 Å². The molecule has 2 aromatic carbocycles. The van der Waals surface area contributed by atoms with Gasteiger partial charge in [0.2, 0.25) is 0 Å². The quantitative estimate of drug-likeness (QED) is 0.661. The maximum Gasteiger partial charge on any atom is 0.263 e. The molecule has 0 unspecified atom stereocenters. The van der Waals surface area contributed by atoms with Crippen LogP contribution in [0.15, 0.2) is 48.5 Å². The van der Waals surface area contributed by atoms with Crippen molar-refractivity contribution < 1.29 is 9.53 Å². The Bertz CT molecular complexity index is 930. The minimum Gasteiger partial charge on any atom is -0.481 e. The number of thiazole rings is 1. The smallest absolute Gasteiger partial charge is 0.263 e. The lowest BCUT2D eigenvalue weighted by atomic mass is 10.2. The lowest BCUT2D eigenvalue weighted by molar-refractivity contribution is -0.139. The van der Waals surface area contributed by atoms with Gasteiger partial charge in [-0.2, -0.15) is 0 Å². The summed E-state index contributed by atoms with van der Waals surface area (Å²) in [7, 11) is 0. The first-order valence-electron chi connectivity index (χ1n) is 9.67. The molecule has 4 rings (SSSR count). The van der Waals surface area contributed by atoms with Gasteiger partial charge in [0.25, 0.3) is 5.91 Å². The summed E-state index contributed by atoms with van der Waals surface area (Å²) in [6.45, 7) is 7.87. The van der Waals surface area contributed by atoms with Crippen LogP contribution >= 0.6 is 11.3 Å². The van der Waals surface area contributed by atoms with Crippen molar-refractivity contribution in [2.75, 3.05) is 26.2 Å². The maximum atomic E-state index is 12.7. The van der Waals surface area contributed by atoms with Crippen LogP contribution in [0.4, 0.5) is 0 Å². The van der Waals surface area contributed by atoms with E-state index in [1.807, 2.05) is 49.1 Å². The number of benzene rings is 2. The topological polar surface area (TPSA) is 45.7 Å². The van der Waals surface area contributed by atoms with E-state index in [1.165, 1.54) is 4.70 Å². The van der Waals surface area contributed by atoms with Crippen LogP contribution in [0.1, 0.15) is 17.5 Å². The lowest BCUT2D eigenvalue weighted by Gasteiger charge is -2.35. The van der Waals surface area contributed by atoms with Gasteiger partial charge in [-0.05, 0) is 43.7 Å². The molecule has 0 aliphatic carbocycles. The van der Waals surface area contributed by atoms with Gasteiger partial charge >= 0.3 is 0 Å². The second kappa shape index (κ2) is 8.29. The molecule has 1 amide bonds. The molecule has 1 aliphatic rings. The predicted molar refractivity (Wildman–Crippen MR) is 113 cm³/mol. The largest absolute Gasteiger partial charge is 0.481 e. The van der Waals surface area contributed by atoms with Crippen molar-refractivity contribution in [2.24, 2.45) is 0 Å². The van der Waals surface area contributed by atoms with Crippen LogP contribution in [0.2, 0.25) is 0 Å². The van der Waals surface area contributed by atoms with Crippen molar-refractivity contribution in [3.05, 3.63) is 59.1 Å². The summed E-state index contributed by atoms with van der Waals surface area (Å²) in [5.74, 6) is 0.802. The number of rotatable bonds is 5. The highest BCUT2D eigenvalue weighted by molar-refractivity contribution is 7.18. The fourth-order valence-electron chi connectivity index (χ4n) is 3.51. The first-order chi connectivity index (χ1) is 13.6. The molecule has 1 atom stereocenters. The Balaban J connectivity index is 1.30. The maximum absolute atomic E-state index is 12.7. The fraction of sp³-hybridized carbons (Fsp3) is 0.364. The average Bonchev–Trinajstić information content (AvgIpc) is 3.10. The molecule has 146 valence electrons. The molecule has 6 heteroatoms. The minimum absolute atomic E-state index is 0.0566. The van der Waals surface area contributed by atoms with Crippen molar-refractivity contribution in [3.63, 3.8) is 0 Å². The van der Waals surface area contributed by atoms with Crippen LogP contribution in [-0.2, 0) is 11.3 Å². The Labute approximate surface area is 169 Å². The second-order valence-corrected chi connectivity index (χ2v) is 8.37. The minimum atomic E-state index is -0.474. The molecule has 2 heterocycles. The van der Waals surface area contributed by atoms with Crippen LogP contribution < -0.4 is 4.74 Å². The number of hydrogen-bond donors (Lipinski definition) is 0. The van der Waals surface area contributed by atoms with Gasteiger partial charge in [0, 0.05) is 26.2 Å². The number of piperazine rings is 1. The Morgan fingerprint density at radius 3 is 2.68 bits per heavy atom. The van der Waals surface area contributed by atoms with Crippen LogP contribution in [0, 0.1) is 6.92 Å². The van der Waals surface area contributed by atoms with Gasteiger partial charge in [-0.1, -0.05) is 24.3 Å². The summed E-state index contributed by atoms with van der Waals surface area (Å²) in [6, 6.07) is 16.1. The molecule has 3 aromatic rings. The number of amides is 1. The van der Waals surface area contributed by atoms with Gasteiger partial charge in [0.1, 0.15) is 10.8 Å². The Morgan fingerprint density at radius 1 is 1.14 bits per heavy atom. The normalized spacial score (nSPS) is 16.3. The molecule has 0 spiro atoms. The molecule has 5 nitrogen and oxygen atoms in total. The molecule has 28 heavy (non-hydrogen) atoms. The third-order valence-corrected chi connectivity index (χ3v) is 6.05. The molecule has 0 N–H and O–H groups in total. The molecule has 1 aliphatic heterocycles. The number of fused-ring (bicyclic) bond motifs is 1. The molecule has 1 aromatic heterocycles. The van der Waals surface area contributed by atoms with E-state index in [4.69, 9.17) is 9.72 Å². The monoisotopic (exact) mass is 395 g/mol. The van der Waals surface area contributed by atoms with Crippen molar-refractivity contribution >= 4 is 27.5 Å². The molecule has 0 bridgehead atoms. The summed E-state index contributed by atoms with van der Waals surface area (Å²) in [4.78, 5) is 21.7. The van der Waals surface area contributed by atoms with E-state index in [0.717, 1.165) is 54.6 Å². The summed E-state index contributed by atoms with van der Waals surface area (Å²) in [6.07, 6.45) is -0.474. The zero-order valence-electron chi connectivity index (χ0n) is 16.3. The second-order valence-electron chi connectivity index (χ2n) is 7.25. The van der Waals surface area contributed by atoms with Crippen LogP contribution in [-0.4, -0.2) is 53.0 Å². The van der Waals surface area contributed by atoms with E-state index in [0.29, 0.717) is 0 Å². The average molecular weight is 396 g/mol. The summed E-state index contributed by atoms with van der Waals surface area (Å²) < 4.78 is 7.08. The molecular formula is C22H25N3O2S. The summed E-state index contributed by atoms with van der Waals surface area (Å²) >= 11 is 1.75. The molecular weight excluding hydrogens is 370 g/mol. The van der Waals surface area contributed by atoms with Gasteiger partial charge in [0.05, 0.1) is 16.8 Å². The molecule has 1 fully saturated rings. The number of carbonyl (C=O) groups is 1. The van der Waals surface area contributed by atoms with Crippen molar-refractivity contribution in [3.8, 4) is 5.75 Å². The van der Waals surface area contributed by atoms with Gasteiger partial charge in [0.15, 0.2) is 6.10 Å². The number of hydrogen-bond acceptors (Lipinski definition) is 5. The van der Waals surface area contributed by atoms with E-state index < -0.39 is 6.10 Å². The fourth-order valence-corrected chi connectivity index (χ4v) is 4.52. The molecule has 0 saturated carbocycles. The Kier molecular flexibility index (Phi) is 5.59. The van der Waals surface area contributed by atoms with E-state index in [-0.39, 0.29) is 5.91 Å². The third-order valence-electron chi connectivity index (χ3n) is 5.03. The highest BCUT2D eigenvalue weighted by Gasteiger charge is 2.26. The number of aryl methyl sites for hydroxylation is 1. The number of ether oxygens (including phenoxy) is 1. The van der Waals surface area contributed by atoms with Crippen molar-refractivity contribution in [2.45, 2.75) is 26.5 Å².